The summed E-state index contributed by atoms with van der Waals surface area (Å²) in [6.45, 7) is 2.57. The molecule has 2 aromatic carbocycles. The fraction of sp³-hybridized carbons (Fsp3) is 0.400. The number of hydrogen-bond donors (Lipinski definition) is 1. The molecule has 146 valence electrons. The number of benzene rings is 2. The molecule has 1 fully saturated rings. The summed E-state index contributed by atoms with van der Waals surface area (Å²) in [6.07, 6.45) is 1.88. The third kappa shape index (κ3) is 4.61. The van der Waals surface area contributed by atoms with Crippen LogP contribution in [0.5, 0.6) is 11.5 Å². The van der Waals surface area contributed by atoms with E-state index in [0.717, 1.165) is 24.0 Å². The van der Waals surface area contributed by atoms with E-state index in [2.05, 4.69) is 5.32 Å². The second-order valence-electron chi connectivity index (χ2n) is 6.55. The molecule has 3 rings (SSSR count). The lowest BCUT2D eigenvalue weighted by Gasteiger charge is -2.15. The van der Waals surface area contributed by atoms with E-state index in [-0.39, 0.29) is 0 Å². The molecule has 6 nitrogen and oxygen atoms in total. The normalized spacial score (nSPS) is 15.0. The first kappa shape index (κ1) is 19.7. The zero-order valence-corrected chi connectivity index (χ0v) is 16.6. The van der Waals surface area contributed by atoms with Crippen LogP contribution < -0.4 is 14.8 Å². The van der Waals surface area contributed by atoms with Gasteiger partial charge in [-0.3, -0.25) is 0 Å². The van der Waals surface area contributed by atoms with Gasteiger partial charge in [0.15, 0.2) is 11.5 Å². The summed E-state index contributed by atoms with van der Waals surface area (Å²) in [7, 11) is -0.114. The predicted molar refractivity (Wildman–Crippen MR) is 105 cm³/mol. The predicted octanol–water partition coefficient (Wildman–Crippen LogP) is 2.78. The summed E-state index contributed by atoms with van der Waals surface area (Å²) in [4.78, 5) is 0.369. The molecule has 1 aliphatic rings. The molecule has 0 aliphatic carbocycles. The third-order valence-corrected chi connectivity index (χ3v) is 6.65. The van der Waals surface area contributed by atoms with Crippen molar-refractivity contribution in [1.82, 2.24) is 9.62 Å². The van der Waals surface area contributed by atoms with Crippen LogP contribution in [-0.2, 0) is 23.1 Å². The topological polar surface area (TPSA) is 67.9 Å². The molecule has 0 aromatic heterocycles. The van der Waals surface area contributed by atoms with E-state index in [4.69, 9.17) is 9.47 Å². The fourth-order valence-electron chi connectivity index (χ4n) is 3.20. The van der Waals surface area contributed by atoms with E-state index in [9.17, 15) is 8.42 Å². The number of nitrogens with one attached hydrogen (secondary N) is 1. The molecule has 1 saturated heterocycles. The zero-order valence-electron chi connectivity index (χ0n) is 15.8. The summed E-state index contributed by atoms with van der Waals surface area (Å²) in [5.41, 5.74) is 2.12. The number of rotatable bonds is 8. The van der Waals surface area contributed by atoms with Crippen LogP contribution in [0.25, 0.3) is 0 Å². The number of methoxy groups -OCH3 is 2. The number of sulfonamides is 1. The molecule has 0 saturated carbocycles. The maximum Gasteiger partial charge on any atom is 0.243 e. The van der Waals surface area contributed by atoms with Crippen LogP contribution in [0.4, 0.5) is 0 Å². The van der Waals surface area contributed by atoms with Crippen molar-refractivity contribution >= 4 is 10.0 Å². The van der Waals surface area contributed by atoms with Gasteiger partial charge in [0.2, 0.25) is 10.0 Å². The summed E-state index contributed by atoms with van der Waals surface area (Å²) >= 11 is 0. The summed E-state index contributed by atoms with van der Waals surface area (Å²) in [6, 6.07) is 12.9. The lowest BCUT2D eigenvalue weighted by Crippen LogP contribution is -2.27. The Bertz CT molecular complexity index is 860. The van der Waals surface area contributed by atoms with Crippen LogP contribution in [-0.4, -0.2) is 40.0 Å². The second kappa shape index (κ2) is 8.73. The van der Waals surface area contributed by atoms with Gasteiger partial charge >= 0.3 is 0 Å². The first-order chi connectivity index (χ1) is 13.0. The average molecular weight is 391 g/mol. The minimum absolute atomic E-state index is 0.369. The van der Waals surface area contributed by atoms with E-state index >= 15 is 0 Å². The maximum absolute atomic E-state index is 12.5. The molecule has 0 spiro atoms. The quantitative estimate of drug-likeness (QED) is 0.751. The standard InChI is InChI=1S/C20H26N2O4S/c1-25-19-10-7-17(13-20(19)26-2)15-21-14-16-5-8-18(9-6-16)27(23,24)22-11-3-4-12-22/h5-10,13,21H,3-4,11-12,14-15H2,1-2H3. The van der Waals surface area contributed by atoms with E-state index in [0.29, 0.717) is 42.6 Å². The van der Waals surface area contributed by atoms with Crippen molar-refractivity contribution in [3.05, 3.63) is 53.6 Å². The molecule has 27 heavy (non-hydrogen) atoms. The Kier molecular flexibility index (Phi) is 6.36. The van der Waals surface area contributed by atoms with Gasteiger partial charge in [-0.25, -0.2) is 8.42 Å². The molecule has 0 amide bonds. The lowest BCUT2D eigenvalue weighted by atomic mass is 10.2. The number of nitrogens with zero attached hydrogens (tertiary/aromatic N) is 1. The highest BCUT2D eigenvalue weighted by Crippen LogP contribution is 2.27. The Morgan fingerprint density at radius 1 is 0.889 bits per heavy atom. The van der Waals surface area contributed by atoms with Crippen LogP contribution in [0.15, 0.2) is 47.4 Å². The SMILES string of the molecule is COc1ccc(CNCc2ccc(S(=O)(=O)N3CCCC3)cc2)cc1OC. The Balaban J connectivity index is 1.58. The highest BCUT2D eigenvalue weighted by Gasteiger charge is 2.26. The molecule has 1 N–H and O–H groups in total. The summed E-state index contributed by atoms with van der Waals surface area (Å²) in [5.74, 6) is 1.41. The van der Waals surface area contributed by atoms with Crippen molar-refractivity contribution in [1.29, 1.82) is 0 Å². The maximum atomic E-state index is 12.5. The molecular formula is C20H26N2O4S. The van der Waals surface area contributed by atoms with Crippen LogP contribution >= 0.6 is 0 Å². The molecule has 7 heteroatoms. The molecule has 0 radical (unpaired) electrons. The van der Waals surface area contributed by atoms with Crippen molar-refractivity contribution in [2.75, 3.05) is 27.3 Å². The van der Waals surface area contributed by atoms with Gasteiger partial charge in [-0.1, -0.05) is 18.2 Å². The van der Waals surface area contributed by atoms with Gasteiger partial charge in [-0.15, -0.1) is 0 Å². The Hall–Kier alpha value is -2.09. The van der Waals surface area contributed by atoms with Crippen molar-refractivity contribution < 1.29 is 17.9 Å². The molecule has 0 atom stereocenters. The first-order valence-electron chi connectivity index (χ1n) is 9.05. The lowest BCUT2D eigenvalue weighted by molar-refractivity contribution is 0.354. The highest BCUT2D eigenvalue weighted by atomic mass is 32.2. The minimum atomic E-state index is -3.35. The van der Waals surface area contributed by atoms with Crippen LogP contribution in [0.2, 0.25) is 0 Å². The van der Waals surface area contributed by atoms with Crippen molar-refractivity contribution in [3.63, 3.8) is 0 Å². The Morgan fingerprint density at radius 3 is 2.11 bits per heavy atom. The molecular weight excluding hydrogens is 364 g/mol. The smallest absolute Gasteiger partial charge is 0.243 e. The van der Waals surface area contributed by atoms with Gasteiger partial charge < -0.3 is 14.8 Å². The van der Waals surface area contributed by atoms with E-state index in [1.54, 1.807) is 30.7 Å². The second-order valence-corrected chi connectivity index (χ2v) is 8.49. The molecule has 1 aliphatic heterocycles. The van der Waals surface area contributed by atoms with Gasteiger partial charge in [0.05, 0.1) is 19.1 Å². The first-order valence-corrected chi connectivity index (χ1v) is 10.5. The number of hydrogen-bond acceptors (Lipinski definition) is 5. The van der Waals surface area contributed by atoms with Crippen molar-refractivity contribution in [2.24, 2.45) is 0 Å². The molecule has 0 unspecified atom stereocenters. The highest BCUT2D eigenvalue weighted by molar-refractivity contribution is 7.89. The van der Waals surface area contributed by atoms with Crippen LogP contribution in [0.1, 0.15) is 24.0 Å². The Morgan fingerprint density at radius 2 is 1.48 bits per heavy atom. The fourth-order valence-corrected chi connectivity index (χ4v) is 4.72. The third-order valence-electron chi connectivity index (χ3n) is 4.73. The van der Waals surface area contributed by atoms with Crippen LogP contribution in [0, 0.1) is 0 Å². The number of ether oxygens (including phenoxy) is 2. The summed E-state index contributed by atoms with van der Waals surface area (Å²) < 4.78 is 37.2. The van der Waals surface area contributed by atoms with E-state index in [1.807, 2.05) is 30.3 Å². The van der Waals surface area contributed by atoms with Crippen molar-refractivity contribution in [3.8, 4) is 11.5 Å². The van der Waals surface area contributed by atoms with Gasteiger partial charge in [0.25, 0.3) is 0 Å². The zero-order chi connectivity index (χ0) is 19.3. The van der Waals surface area contributed by atoms with Gasteiger partial charge in [-0.05, 0) is 48.2 Å². The van der Waals surface area contributed by atoms with E-state index < -0.39 is 10.0 Å². The van der Waals surface area contributed by atoms with Crippen molar-refractivity contribution in [2.45, 2.75) is 30.8 Å². The van der Waals surface area contributed by atoms with Gasteiger partial charge in [0, 0.05) is 26.2 Å². The largest absolute Gasteiger partial charge is 0.493 e. The monoisotopic (exact) mass is 390 g/mol. The van der Waals surface area contributed by atoms with Gasteiger partial charge in [0.1, 0.15) is 0 Å². The minimum Gasteiger partial charge on any atom is -0.493 e. The van der Waals surface area contributed by atoms with Crippen LogP contribution in [0.3, 0.4) is 0 Å². The average Bonchev–Trinajstić information content (AvgIpc) is 3.24. The molecule has 0 bridgehead atoms. The molecule has 1 heterocycles. The Labute approximate surface area is 161 Å². The van der Waals surface area contributed by atoms with E-state index in [1.165, 1.54) is 0 Å². The van der Waals surface area contributed by atoms with Gasteiger partial charge in [-0.2, -0.15) is 4.31 Å². The summed E-state index contributed by atoms with van der Waals surface area (Å²) in [5, 5.41) is 3.36. The molecule has 2 aromatic rings.